The molecule has 1 saturated heterocycles. The Labute approximate surface area is 113 Å². The van der Waals surface area contributed by atoms with Crippen molar-refractivity contribution >= 4 is 25.4 Å². The second-order valence-electron chi connectivity index (χ2n) is 4.60. The fourth-order valence-electron chi connectivity index (χ4n) is 2.17. The van der Waals surface area contributed by atoms with Gasteiger partial charge in [0.25, 0.3) is 0 Å². The van der Waals surface area contributed by atoms with Crippen LogP contribution in [0.2, 0.25) is 0 Å². The maximum absolute atomic E-state index is 11.2. The maximum atomic E-state index is 11.2. The molecule has 0 amide bonds. The van der Waals surface area contributed by atoms with Gasteiger partial charge in [-0.3, -0.25) is 0 Å². The van der Waals surface area contributed by atoms with Gasteiger partial charge in [-0.15, -0.1) is 0 Å². The third-order valence-electron chi connectivity index (χ3n) is 3.16. The van der Waals surface area contributed by atoms with Gasteiger partial charge in [-0.25, -0.2) is 8.42 Å². The topological polar surface area (TPSA) is 40.6 Å². The Morgan fingerprint density at radius 1 is 1.17 bits per heavy atom. The second-order valence-corrected chi connectivity index (χ2v) is 7.38. The number of benzene rings is 1. The molecule has 2 rings (SSSR count). The molecule has 0 unspecified atom stereocenters. The molecule has 0 N–H and O–H groups in total. The highest BCUT2D eigenvalue weighted by atomic mass is 35.7. The van der Waals surface area contributed by atoms with E-state index >= 15 is 0 Å². The van der Waals surface area contributed by atoms with Crippen molar-refractivity contribution in [3.8, 4) is 0 Å². The highest BCUT2D eigenvalue weighted by Gasteiger charge is 2.18. The van der Waals surface area contributed by atoms with Crippen LogP contribution < -0.4 is 4.90 Å². The van der Waals surface area contributed by atoms with Crippen molar-refractivity contribution in [2.24, 2.45) is 0 Å². The summed E-state index contributed by atoms with van der Waals surface area (Å²) in [5, 5.41) is 0. The predicted octanol–water partition coefficient (Wildman–Crippen LogP) is 1.51. The van der Waals surface area contributed by atoms with Gasteiger partial charge in [0.1, 0.15) is 0 Å². The molecule has 1 aromatic rings. The van der Waals surface area contributed by atoms with Gasteiger partial charge in [-0.1, -0.05) is 18.2 Å². The van der Waals surface area contributed by atoms with Gasteiger partial charge in [-0.2, -0.15) is 0 Å². The third kappa shape index (κ3) is 3.60. The summed E-state index contributed by atoms with van der Waals surface area (Å²) in [5.74, 6) is -0.114. The van der Waals surface area contributed by atoms with E-state index in [2.05, 4.69) is 16.8 Å². The highest BCUT2D eigenvalue weighted by molar-refractivity contribution is 8.13. The first-order chi connectivity index (χ1) is 8.46. The summed E-state index contributed by atoms with van der Waals surface area (Å²) < 4.78 is 22.5. The Hall–Kier alpha value is -0.780. The number of rotatable bonds is 3. The molecule has 0 bridgehead atoms. The standard InChI is InChI=1S/C12H17ClN2O2S/c1-14-6-8-15(9-7-14)12-5-3-2-4-11(12)10-18(13,16)17/h2-5H,6-10H2,1H3. The first kappa shape index (κ1) is 13.6. The lowest BCUT2D eigenvalue weighted by atomic mass is 10.1. The fraction of sp³-hybridized carbons (Fsp3) is 0.500. The number of piperazine rings is 1. The van der Waals surface area contributed by atoms with Crippen molar-refractivity contribution in [2.75, 3.05) is 38.1 Å². The normalized spacial score (nSPS) is 18.0. The van der Waals surface area contributed by atoms with Gasteiger partial charge in [0.2, 0.25) is 9.05 Å². The average molecular weight is 289 g/mol. The van der Waals surface area contributed by atoms with E-state index in [1.54, 1.807) is 0 Å². The van der Waals surface area contributed by atoms with Gasteiger partial charge >= 0.3 is 0 Å². The highest BCUT2D eigenvalue weighted by Crippen LogP contribution is 2.24. The molecule has 1 fully saturated rings. The van der Waals surface area contributed by atoms with Crippen LogP contribution in [-0.2, 0) is 14.8 Å². The van der Waals surface area contributed by atoms with E-state index in [1.807, 2.05) is 24.3 Å². The maximum Gasteiger partial charge on any atom is 0.236 e. The molecule has 0 saturated carbocycles. The summed E-state index contributed by atoms with van der Waals surface area (Å²) in [4.78, 5) is 4.48. The van der Waals surface area contributed by atoms with E-state index < -0.39 is 9.05 Å². The smallest absolute Gasteiger partial charge is 0.236 e. The Kier molecular flexibility index (Phi) is 4.14. The van der Waals surface area contributed by atoms with Gasteiger partial charge in [0, 0.05) is 42.5 Å². The summed E-state index contributed by atoms with van der Waals surface area (Å²) in [6, 6.07) is 7.56. The van der Waals surface area contributed by atoms with Crippen molar-refractivity contribution in [2.45, 2.75) is 5.75 Å². The number of likely N-dealkylation sites (N-methyl/N-ethyl adjacent to an activating group) is 1. The van der Waals surface area contributed by atoms with E-state index in [1.165, 1.54) is 0 Å². The zero-order valence-corrected chi connectivity index (χ0v) is 11.9. The van der Waals surface area contributed by atoms with E-state index in [9.17, 15) is 8.42 Å². The molecule has 100 valence electrons. The number of nitrogens with zero attached hydrogens (tertiary/aromatic N) is 2. The molecular formula is C12H17ClN2O2S. The molecule has 1 aliphatic heterocycles. The van der Waals surface area contributed by atoms with Gasteiger partial charge in [0.05, 0.1) is 5.75 Å². The van der Waals surface area contributed by atoms with Gasteiger partial charge in [-0.05, 0) is 18.7 Å². The molecule has 0 aliphatic carbocycles. The number of para-hydroxylation sites is 1. The van der Waals surface area contributed by atoms with Crippen LogP contribution in [0.15, 0.2) is 24.3 Å². The van der Waals surface area contributed by atoms with Crippen molar-refractivity contribution in [1.29, 1.82) is 0 Å². The molecule has 1 heterocycles. The van der Waals surface area contributed by atoms with Gasteiger partial charge < -0.3 is 9.80 Å². The quantitative estimate of drug-likeness (QED) is 0.791. The largest absolute Gasteiger partial charge is 0.369 e. The zero-order valence-electron chi connectivity index (χ0n) is 10.3. The number of hydrogen-bond donors (Lipinski definition) is 0. The van der Waals surface area contributed by atoms with Crippen molar-refractivity contribution in [1.82, 2.24) is 4.90 Å². The SMILES string of the molecule is CN1CCN(c2ccccc2CS(=O)(=O)Cl)CC1. The number of hydrogen-bond acceptors (Lipinski definition) is 4. The summed E-state index contributed by atoms with van der Waals surface area (Å²) in [6.07, 6.45) is 0. The number of anilines is 1. The summed E-state index contributed by atoms with van der Waals surface area (Å²) >= 11 is 0. The minimum absolute atomic E-state index is 0.114. The summed E-state index contributed by atoms with van der Waals surface area (Å²) in [5.41, 5.74) is 1.76. The van der Waals surface area contributed by atoms with Crippen LogP contribution in [0.25, 0.3) is 0 Å². The van der Waals surface area contributed by atoms with E-state index in [4.69, 9.17) is 10.7 Å². The average Bonchev–Trinajstić information content (AvgIpc) is 2.29. The molecule has 1 aliphatic rings. The molecule has 18 heavy (non-hydrogen) atoms. The van der Waals surface area contributed by atoms with Crippen LogP contribution in [0.5, 0.6) is 0 Å². The Morgan fingerprint density at radius 2 is 1.78 bits per heavy atom. The van der Waals surface area contributed by atoms with E-state index in [0.717, 1.165) is 37.4 Å². The van der Waals surface area contributed by atoms with Crippen LogP contribution in [0.1, 0.15) is 5.56 Å². The van der Waals surface area contributed by atoms with Crippen LogP contribution in [0.4, 0.5) is 5.69 Å². The van der Waals surface area contributed by atoms with Crippen LogP contribution in [-0.4, -0.2) is 46.5 Å². The van der Waals surface area contributed by atoms with Crippen molar-refractivity contribution in [3.05, 3.63) is 29.8 Å². The minimum Gasteiger partial charge on any atom is -0.369 e. The molecule has 4 nitrogen and oxygen atoms in total. The summed E-state index contributed by atoms with van der Waals surface area (Å²) in [7, 11) is 3.92. The van der Waals surface area contributed by atoms with Crippen molar-refractivity contribution in [3.63, 3.8) is 0 Å². The molecule has 0 atom stereocenters. The molecule has 0 radical (unpaired) electrons. The first-order valence-electron chi connectivity index (χ1n) is 5.89. The Morgan fingerprint density at radius 3 is 2.39 bits per heavy atom. The van der Waals surface area contributed by atoms with Crippen LogP contribution in [0.3, 0.4) is 0 Å². The minimum atomic E-state index is -3.51. The lowest BCUT2D eigenvalue weighted by Crippen LogP contribution is -2.44. The molecule has 1 aromatic carbocycles. The number of halogens is 1. The lowest BCUT2D eigenvalue weighted by molar-refractivity contribution is 0.312. The van der Waals surface area contributed by atoms with Crippen LogP contribution >= 0.6 is 10.7 Å². The zero-order chi connectivity index (χ0) is 13.2. The monoisotopic (exact) mass is 288 g/mol. The van der Waals surface area contributed by atoms with Crippen LogP contribution in [0, 0.1) is 0 Å². The molecular weight excluding hydrogens is 272 g/mol. The second kappa shape index (κ2) is 5.47. The Bertz CT molecular complexity index is 511. The predicted molar refractivity (Wildman–Crippen MR) is 74.6 cm³/mol. The van der Waals surface area contributed by atoms with E-state index in [0.29, 0.717) is 0 Å². The van der Waals surface area contributed by atoms with E-state index in [-0.39, 0.29) is 5.75 Å². The lowest BCUT2D eigenvalue weighted by Gasteiger charge is -2.35. The van der Waals surface area contributed by atoms with Crippen molar-refractivity contribution < 1.29 is 8.42 Å². The first-order valence-corrected chi connectivity index (χ1v) is 8.37. The molecule has 0 aromatic heterocycles. The third-order valence-corrected chi connectivity index (χ3v) is 4.15. The molecule has 6 heteroatoms. The van der Waals surface area contributed by atoms with Gasteiger partial charge in [0.15, 0.2) is 0 Å². The summed E-state index contributed by atoms with van der Waals surface area (Å²) in [6.45, 7) is 3.80. The molecule has 0 spiro atoms. The fourth-order valence-corrected chi connectivity index (χ4v) is 3.14. The Balaban J connectivity index is 2.22.